The predicted octanol–water partition coefficient (Wildman–Crippen LogP) is 1.59. The van der Waals surface area contributed by atoms with Crippen LogP contribution in [0.2, 0.25) is 0 Å². The first-order chi connectivity index (χ1) is 10.1. The maximum absolute atomic E-state index is 12.3. The zero-order chi connectivity index (χ0) is 15.2. The lowest BCUT2D eigenvalue weighted by Crippen LogP contribution is -2.34. The molecule has 2 amide bonds. The van der Waals surface area contributed by atoms with Gasteiger partial charge in [-0.25, -0.2) is 0 Å². The Hall–Kier alpha value is -2.08. The van der Waals surface area contributed by atoms with Gasteiger partial charge in [0.1, 0.15) is 5.75 Å². The Kier molecular flexibility index (Phi) is 5.16. The summed E-state index contributed by atoms with van der Waals surface area (Å²) in [5, 5.41) is 8.84. The molecular formula is C15H21N3O3. The molecule has 0 bridgehead atoms. The maximum Gasteiger partial charge on any atom is 0.227 e. The summed E-state index contributed by atoms with van der Waals surface area (Å²) in [4.78, 5) is 23.6. The zero-order valence-corrected chi connectivity index (χ0v) is 12.4. The fourth-order valence-corrected chi connectivity index (χ4v) is 2.37. The third-order valence-electron chi connectivity index (χ3n) is 3.51. The highest BCUT2D eigenvalue weighted by Crippen LogP contribution is 2.28. The van der Waals surface area contributed by atoms with E-state index in [1.807, 2.05) is 0 Å². The van der Waals surface area contributed by atoms with E-state index in [9.17, 15) is 9.59 Å². The molecule has 0 saturated carbocycles. The minimum Gasteiger partial charge on any atom is -0.497 e. The van der Waals surface area contributed by atoms with Gasteiger partial charge in [-0.05, 0) is 38.1 Å². The van der Waals surface area contributed by atoms with Crippen molar-refractivity contribution >= 4 is 23.2 Å². The molecule has 2 rings (SSSR count). The van der Waals surface area contributed by atoms with Gasteiger partial charge in [-0.2, -0.15) is 0 Å². The number of hydrogen-bond donors (Lipinski definition) is 3. The topological polar surface area (TPSA) is 79.5 Å². The summed E-state index contributed by atoms with van der Waals surface area (Å²) in [5.41, 5.74) is 1.14. The van der Waals surface area contributed by atoms with Crippen molar-refractivity contribution in [1.29, 1.82) is 0 Å². The van der Waals surface area contributed by atoms with Gasteiger partial charge >= 0.3 is 0 Å². The van der Waals surface area contributed by atoms with Crippen molar-refractivity contribution in [3.05, 3.63) is 18.2 Å². The first kappa shape index (κ1) is 15.3. The Morgan fingerprint density at radius 3 is 2.52 bits per heavy atom. The predicted molar refractivity (Wildman–Crippen MR) is 81.5 cm³/mol. The van der Waals surface area contributed by atoms with E-state index in [0.717, 1.165) is 25.9 Å². The SMILES string of the molecule is COc1ccc(NC(C)=O)c(NC(=O)C2CCNCC2)c1. The Labute approximate surface area is 124 Å². The number of ether oxygens (including phenoxy) is 1. The minimum absolute atomic E-state index is 0.00243. The molecule has 0 aromatic heterocycles. The van der Waals surface area contributed by atoms with Crippen LogP contribution in [0.15, 0.2) is 18.2 Å². The maximum atomic E-state index is 12.3. The van der Waals surface area contributed by atoms with E-state index < -0.39 is 0 Å². The number of piperidine rings is 1. The Balaban J connectivity index is 2.15. The fraction of sp³-hybridized carbons (Fsp3) is 0.467. The molecule has 0 radical (unpaired) electrons. The number of carbonyl (C=O) groups is 2. The van der Waals surface area contributed by atoms with Gasteiger partial charge in [-0.15, -0.1) is 0 Å². The molecule has 6 nitrogen and oxygen atoms in total. The second kappa shape index (κ2) is 7.08. The molecule has 6 heteroatoms. The number of hydrogen-bond acceptors (Lipinski definition) is 4. The van der Waals surface area contributed by atoms with Gasteiger partial charge in [0, 0.05) is 18.9 Å². The molecule has 1 aliphatic heterocycles. The van der Waals surface area contributed by atoms with Gasteiger partial charge < -0.3 is 20.7 Å². The number of nitrogens with one attached hydrogen (secondary N) is 3. The molecule has 1 fully saturated rings. The molecule has 1 aromatic carbocycles. The normalized spacial score (nSPS) is 15.3. The molecular weight excluding hydrogens is 270 g/mol. The summed E-state index contributed by atoms with van der Waals surface area (Å²) < 4.78 is 5.17. The summed E-state index contributed by atoms with van der Waals surface area (Å²) in [6.07, 6.45) is 1.65. The van der Waals surface area contributed by atoms with Crippen LogP contribution in [0.1, 0.15) is 19.8 Å². The van der Waals surface area contributed by atoms with E-state index in [1.54, 1.807) is 25.3 Å². The minimum atomic E-state index is -0.183. The fourth-order valence-electron chi connectivity index (χ4n) is 2.37. The second-order valence-corrected chi connectivity index (χ2v) is 5.11. The van der Waals surface area contributed by atoms with Crippen LogP contribution in [0.4, 0.5) is 11.4 Å². The van der Waals surface area contributed by atoms with Gasteiger partial charge in [0.05, 0.1) is 18.5 Å². The van der Waals surface area contributed by atoms with Crippen LogP contribution in [0.25, 0.3) is 0 Å². The summed E-state index contributed by atoms with van der Waals surface area (Å²) >= 11 is 0. The quantitative estimate of drug-likeness (QED) is 0.787. The number of amides is 2. The van der Waals surface area contributed by atoms with Crippen LogP contribution < -0.4 is 20.7 Å². The first-order valence-corrected chi connectivity index (χ1v) is 7.07. The molecule has 0 spiro atoms. The van der Waals surface area contributed by atoms with Gasteiger partial charge in [-0.1, -0.05) is 0 Å². The smallest absolute Gasteiger partial charge is 0.227 e. The Morgan fingerprint density at radius 2 is 1.90 bits per heavy atom. The third-order valence-corrected chi connectivity index (χ3v) is 3.51. The van der Waals surface area contributed by atoms with Crippen molar-refractivity contribution in [3.63, 3.8) is 0 Å². The molecule has 1 heterocycles. The second-order valence-electron chi connectivity index (χ2n) is 5.11. The van der Waals surface area contributed by atoms with Gasteiger partial charge in [0.2, 0.25) is 11.8 Å². The van der Waals surface area contributed by atoms with Crippen LogP contribution >= 0.6 is 0 Å². The van der Waals surface area contributed by atoms with Crippen molar-refractivity contribution in [3.8, 4) is 5.75 Å². The van der Waals surface area contributed by atoms with Gasteiger partial charge in [-0.3, -0.25) is 9.59 Å². The molecule has 114 valence electrons. The van der Waals surface area contributed by atoms with Crippen LogP contribution in [0, 0.1) is 5.92 Å². The van der Waals surface area contributed by atoms with E-state index in [0.29, 0.717) is 17.1 Å². The summed E-state index contributed by atoms with van der Waals surface area (Å²) in [6, 6.07) is 5.17. The number of carbonyl (C=O) groups excluding carboxylic acids is 2. The van der Waals surface area contributed by atoms with E-state index in [1.165, 1.54) is 6.92 Å². The van der Waals surface area contributed by atoms with E-state index in [-0.39, 0.29) is 17.7 Å². The summed E-state index contributed by atoms with van der Waals surface area (Å²) in [5.74, 6) is 0.432. The number of rotatable bonds is 4. The van der Waals surface area contributed by atoms with E-state index >= 15 is 0 Å². The van der Waals surface area contributed by atoms with Crippen molar-refractivity contribution in [2.45, 2.75) is 19.8 Å². The zero-order valence-electron chi connectivity index (χ0n) is 12.4. The van der Waals surface area contributed by atoms with Crippen LogP contribution in [-0.4, -0.2) is 32.0 Å². The van der Waals surface area contributed by atoms with Crippen LogP contribution in [0.3, 0.4) is 0 Å². The largest absolute Gasteiger partial charge is 0.497 e. The number of benzene rings is 1. The van der Waals surface area contributed by atoms with Crippen LogP contribution in [-0.2, 0) is 9.59 Å². The number of anilines is 2. The van der Waals surface area contributed by atoms with Crippen molar-refractivity contribution < 1.29 is 14.3 Å². The molecule has 1 aromatic rings. The highest BCUT2D eigenvalue weighted by atomic mass is 16.5. The highest BCUT2D eigenvalue weighted by molar-refractivity contribution is 6.00. The van der Waals surface area contributed by atoms with Crippen molar-refractivity contribution in [1.82, 2.24) is 5.32 Å². The molecule has 0 unspecified atom stereocenters. The van der Waals surface area contributed by atoms with E-state index in [4.69, 9.17) is 4.74 Å². The first-order valence-electron chi connectivity index (χ1n) is 7.07. The highest BCUT2D eigenvalue weighted by Gasteiger charge is 2.21. The lowest BCUT2D eigenvalue weighted by molar-refractivity contribution is -0.120. The molecule has 3 N–H and O–H groups in total. The lowest BCUT2D eigenvalue weighted by Gasteiger charge is -2.22. The third kappa shape index (κ3) is 4.19. The molecule has 0 atom stereocenters. The monoisotopic (exact) mass is 291 g/mol. The molecule has 1 aliphatic rings. The van der Waals surface area contributed by atoms with Crippen LogP contribution in [0.5, 0.6) is 5.75 Å². The number of methoxy groups -OCH3 is 1. The van der Waals surface area contributed by atoms with Gasteiger partial charge in [0.15, 0.2) is 0 Å². The molecule has 0 aliphatic carbocycles. The summed E-state index contributed by atoms with van der Waals surface area (Å²) in [7, 11) is 1.56. The lowest BCUT2D eigenvalue weighted by atomic mass is 9.97. The van der Waals surface area contributed by atoms with E-state index in [2.05, 4.69) is 16.0 Å². The molecule has 1 saturated heterocycles. The summed E-state index contributed by atoms with van der Waals surface area (Å²) in [6.45, 7) is 3.14. The average molecular weight is 291 g/mol. The van der Waals surface area contributed by atoms with Crippen molar-refractivity contribution in [2.24, 2.45) is 5.92 Å². The standard InChI is InChI=1S/C15H21N3O3/c1-10(19)17-13-4-3-12(21-2)9-14(13)18-15(20)11-5-7-16-8-6-11/h3-4,9,11,16H,5-8H2,1-2H3,(H,17,19)(H,18,20). The van der Waals surface area contributed by atoms with Gasteiger partial charge in [0.25, 0.3) is 0 Å². The Bertz CT molecular complexity index is 525. The van der Waals surface area contributed by atoms with Crippen molar-refractivity contribution in [2.75, 3.05) is 30.8 Å². The average Bonchev–Trinajstić information content (AvgIpc) is 2.49. The molecule has 21 heavy (non-hydrogen) atoms. The Morgan fingerprint density at radius 1 is 1.19 bits per heavy atom.